The fourth-order valence-corrected chi connectivity index (χ4v) is 1.17. The van der Waals surface area contributed by atoms with Gasteiger partial charge in [-0.15, -0.1) is 26.3 Å². The van der Waals surface area contributed by atoms with Gasteiger partial charge in [-0.25, -0.2) is 0 Å². The molecule has 0 saturated carbocycles. The third-order valence-electron chi connectivity index (χ3n) is 1.73. The second-order valence-corrected chi connectivity index (χ2v) is 3.23. The van der Waals surface area contributed by atoms with E-state index in [1.165, 1.54) is 0 Å². The highest BCUT2D eigenvalue weighted by Crippen LogP contribution is 2.44. The average Bonchev–Trinajstić information content (AvgIpc) is 2.14. The largest absolute Gasteiger partial charge is 0.573 e. The summed E-state index contributed by atoms with van der Waals surface area (Å²) in [6.45, 7) is 0. The van der Waals surface area contributed by atoms with E-state index < -0.39 is 36.0 Å². The maximum atomic E-state index is 12.5. The zero-order valence-corrected chi connectivity index (χ0v) is 8.95. The quantitative estimate of drug-likeness (QED) is 0.748. The number of halogens is 9. The molecule has 1 rings (SSSR count). The standard InChI is InChI=1S/C9H3F9O2/c10-7(11,12)4-2-1-3-5(19-8(13,14)15)6(4)20-9(16,17)18/h1-3H. The molecule has 0 N–H and O–H groups in total. The molecule has 0 spiro atoms. The van der Waals surface area contributed by atoms with E-state index in [1.54, 1.807) is 0 Å². The van der Waals surface area contributed by atoms with E-state index in [1.807, 2.05) is 0 Å². The van der Waals surface area contributed by atoms with Gasteiger partial charge in [0.2, 0.25) is 0 Å². The van der Waals surface area contributed by atoms with Crippen molar-refractivity contribution in [2.24, 2.45) is 0 Å². The van der Waals surface area contributed by atoms with Gasteiger partial charge >= 0.3 is 18.9 Å². The summed E-state index contributed by atoms with van der Waals surface area (Å²) in [5.74, 6) is -3.85. The van der Waals surface area contributed by atoms with Crippen LogP contribution in [0.2, 0.25) is 0 Å². The van der Waals surface area contributed by atoms with E-state index in [0.29, 0.717) is 6.07 Å². The molecule has 0 heterocycles. The Hall–Kier alpha value is -1.81. The normalized spacial score (nSPS) is 13.2. The molecule has 114 valence electrons. The van der Waals surface area contributed by atoms with E-state index in [4.69, 9.17) is 0 Å². The van der Waals surface area contributed by atoms with Gasteiger partial charge in [0.1, 0.15) is 5.56 Å². The van der Waals surface area contributed by atoms with Crippen LogP contribution in [0.1, 0.15) is 5.56 Å². The van der Waals surface area contributed by atoms with Crippen LogP contribution in [-0.4, -0.2) is 12.7 Å². The Morgan fingerprint density at radius 1 is 0.700 bits per heavy atom. The van der Waals surface area contributed by atoms with Crippen LogP contribution < -0.4 is 9.47 Å². The van der Waals surface area contributed by atoms with Crippen LogP contribution in [-0.2, 0) is 6.18 Å². The molecule has 2 nitrogen and oxygen atoms in total. The Balaban J connectivity index is 3.37. The van der Waals surface area contributed by atoms with Crippen LogP contribution in [0.25, 0.3) is 0 Å². The van der Waals surface area contributed by atoms with Gasteiger partial charge in [0.05, 0.1) is 0 Å². The highest BCUT2D eigenvalue weighted by molar-refractivity contribution is 5.48. The Kier molecular flexibility index (Phi) is 4.02. The Labute approximate surface area is 104 Å². The number of hydrogen-bond acceptors (Lipinski definition) is 2. The molecule has 0 fully saturated rings. The predicted octanol–water partition coefficient (Wildman–Crippen LogP) is 4.50. The lowest BCUT2D eigenvalue weighted by Gasteiger charge is -2.19. The van der Waals surface area contributed by atoms with Gasteiger partial charge in [-0.1, -0.05) is 6.07 Å². The van der Waals surface area contributed by atoms with Crippen molar-refractivity contribution in [2.75, 3.05) is 0 Å². The van der Waals surface area contributed by atoms with Crippen molar-refractivity contribution < 1.29 is 49.0 Å². The zero-order valence-electron chi connectivity index (χ0n) is 8.95. The third-order valence-corrected chi connectivity index (χ3v) is 1.73. The van der Waals surface area contributed by atoms with Crippen molar-refractivity contribution in [2.45, 2.75) is 18.9 Å². The smallest absolute Gasteiger partial charge is 0.402 e. The van der Waals surface area contributed by atoms with Gasteiger partial charge in [0.15, 0.2) is 11.5 Å². The first-order valence-corrected chi connectivity index (χ1v) is 4.51. The summed E-state index contributed by atoms with van der Waals surface area (Å²) in [4.78, 5) is 0. The number of rotatable bonds is 2. The van der Waals surface area contributed by atoms with Gasteiger partial charge in [0.25, 0.3) is 0 Å². The monoisotopic (exact) mass is 314 g/mol. The van der Waals surface area contributed by atoms with E-state index in [0.717, 1.165) is 0 Å². The molecule has 0 atom stereocenters. The molecule has 1 aromatic carbocycles. The highest BCUT2D eigenvalue weighted by Gasteiger charge is 2.43. The molecule has 0 amide bonds. The van der Waals surface area contributed by atoms with Crippen LogP contribution in [0, 0.1) is 0 Å². The number of alkyl halides is 9. The topological polar surface area (TPSA) is 18.5 Å². The summed E-state index contributed by atoms with van der Waals surface area (Å²) >= 11 is 0. The molecule has 20 heavy (non-hydrogen) atoms. The molecule has 0 aromatic heterocycles. The lowest BCUT2D eigenvalue weighted by atomic mass is 10.2. The van der Waals surface area contributed by atoms with E-state index in [-0.39, 0.29) is 12.1 Å². The SMILES string of the molecule is FC(F)(F)Oc1cccc(C(F)(F)F)c1OC(F)(F)F. The van der Waals surface area contributed by atoms with Crippen LogP contribution in [0.5, 0.6) is 11.5 Å². The first-order chi connectivity index (χ1) is 8.80. The Morgan fingerprint density at radius 2 is 1.20 bits per heavy atom. The maximum Gasteiger partial charge on any atom is 0.573 e. The minimum Gasteiger partial charge on any atom is -0.402 e. The molecular formula is C9H3F9O2. The molecule has 1 aromatic rings. The van der Waals surface area contributed by atoms with E-state index in [9.17, 15) is 39.5 Å². The molecule has 0 aliphatic rings. The zero-order chi connectivity index (χ0) is 15.8. The van der Waals surface area contributed by atoms with E-state index >= 15 is 0 Å². The molecule has 0 radical (unpaired) electrons. The fourth-order valence-electron chi connectivity index (χ4n) is 1.17. The second kappa shape index (κ2) is 4.94. The van der Waals surface area contributed by atoms with Crippen molar-refractivity contribution in [1.82, 2.24) is 0 Å². The van der Waals surface area contributed by atoms with Crippen molar-refractivity contribution in [3.8, 4) is 11.5 Å². The lowest BCUT2D eigenvalue weighted by Crippen LogP contribution is -2.23. The number of hydrogen-bond donors (Lipinski definition) is 0. The summed E-state index contributed by atoms with van der Waals surface area (Å²) in [7, 11) is 0. The summed E-state index contributed by atoms with van der Waals surface area (Å²) in [6, 6.07) is 0.848. The minimum absolute atomic E-state index is 0.129. The van der Waals surface area contributed by atoms with Crippen LogP contribution in [0.15, 0.2) is 18.2 Å². The van der Waals surface area contributed by atoms with Crippen molar-refractivity contribution in [1.29, 1.82) is 0 Å². The summed E-state index contributed by atoms with van der Waals surface area (Å²) in [5.41, 5.74) is -2.04. The van der Waals surface area contributed by atoms with E-state index in [2.05, 4.69) is 9.47 Å². The van der Waals surface area contributed by atoms with Crippen molar-refractivity contribution in [3.05, 3.63) is 23.8 Å². The van der Waals surface area contributed by atoms with Gasteiger partial charge in [0, 0.05) is 0 Å². The summed E-state index contributed by atoms with van der Waals surface area (Å²) in [5, 5.41) is 0. The molecule has 11 heteroatoms. The molecular weight excluding hydrogens is 311 g/mol. The lowest BCUT2D eigenvalue weighted by molar-refractivity contribution is -0.288. The average molecular weight is 314 g/mol. The Morgan fingerprint density at radius 3 is 1.60 bits per heavy atom. The molecule has 0 aliphatic heterocycles. The first-order valence-electron chi connectivity index (χ1n) is 4.51. The number of ether oxygens (including phenoxy) is 2. The summed E-state index contributed by atoms with van der Waals surface area (Å²) in [6.07, 6.45) is -16.5. The highest BCUT2D eigenvalue weighted by atomic mass is 19.4. The molecule has 0 unspecified atom stereocenters. The van der Waals surface area contributed by atoms with Crippen LogP contribution in [0.3, 0.4) is 0 Å². The fraction of sp³-hybridized carbons (Fsp3) is 0.333. The predicted molar refractivity (Wildman–Crippen MR) is 44.8 cm³/mol. The second-order valence-electron chi connectivity index (χ2n) is 3.23. The van der Waals surface area contributed by atoms with Gasteiger partial charge < -0.3 is 9.47 Å². The minimum atomic E-state index is -5.62. The number of para-hydroxylation sites is 1. The van der Waals surface area contributed by atoms with Gasteiger partial charge in [-0.3, -0.25) is 0 Å². The molecule has 0 aliphatic carbocycles. The number of benzene rings is 1. The third kappa shape index (κ3) is 4.70. The van der Waals surface area contributed by atoms with Gasteiger partial charge in [-0.2, -0.15) is 13.2 Å². The first kappa shape index (κ1) is 16.2. The van der Waals surface area contributed by atoms with Crippen molar-refractivity contribution in [3.63, 3.8) is 0 Å². The van der Waals surface area contributed by atoms with Crippen LogP contribution >= 0.6 is 0 Å². The molecule has 0 saturated heterocycles. The molecule has 0 bridgehead atoms. The van der Waals surface area contributed by atoms with Gasteiger partial charge in [-0.05, 0) is 12.1 Å². The Bertz CT molecular complexity index is 472. The van der Waals surface area contributed by atoms with Crippen molar-refractivity contribution >= 4 is 0 Å². The summed E-state index contributed by atoms with van der Waals surface area (Å²) < 4.78 is 115. The van der Waals surface area contributed by atoms with Crippen LogP contribution in [0.4, 0.5) is 39.5 Å². The maximum absolute atomic E-state index is 12.5.